The summed E-state index contributed by atoms with van der Waals surface area (Å²) in [5.74, 6) is 0.598. The minimum atomic E-state index is 0.132. The van der Waals surface area contributed by atoms with Crippen LogP contribution in [0.2, 0.25) is 0 Å². The van der Waals surface area contributed by atoms with Crippen molar-refractivity contribution in [3.63, 3.8) is 0 Å². The van der Waals surface area contributed by atoms with E-state index in [1.54, 1.807) is 4.90 Å². The minimum Gasteiger partial charge on any atom is -0.290 e. The zero-order chi connectivity index (χ0) is 17.1. The smallest absolute Gasteiger partial charge is 0.239 e. The Kier molecular flexibility index (Phi) is 5.04. The Morgan fingerprint density at radius 3 is 2.67 bits per heavy atom. The third-order valence-corrected chi connectivity index (χ3v) is 5.14. The number of nitrogens with zero attached hydrogens (tertiary/aromatic N) is 4. The summed E-state index contributed by atoms with van der Waals surface area (Å²) in [5, 5.41) is 5.29. The fourth-order valence-electron chi connectivity index (χ4n) is 2.84. The third-order valence-electron chi connectivity index (χ3n) is 4.17. The molecular weight excluding hydrogens is 320 g/mol. The van der Waals surface area contributed by atoms with Crippen LogP contribution in [0.25, 0.3) is 0 Å². The topological polar surface area (TPSA) is 50.5 Å². The van der Waals surface area contributed by atoms with E-state index in [4.69, 9.17) is 4.99 Å². The number of hydrogen-bond acceptors (Lipinski definition) is 4. The molecule has 0 aliphatic carbocycles. The van der Waals surface area contributed by atoms with Gasteiger partial charge in [-0.05, 0) is 32.8 Å². The molecule has 0 spiro atoms. The normalized spacial score (nSPS) is 16.4. The average molecular weight is 342 g/mol. The van der Waals surface area contributed by atoms with Crippen molar-refractivity contribution in [2.24, 2.45) is 4.99 Å². The van der Waals surface area contributed by atoms with Gasteiger partial charge in [0, 0.05) is 13.1 Å². The molecule has 6 heteroatoms. The van der Waals surface area contributed by atoms with Crippen LogP contribution in [0, 0.1) is 13.8 Å². The van der Waals surface area contributed by atoms with E-state index in [0.717, 1.165) is 35.2 Å². The number of aromatic nitrogens is 2. The largest absolute Gasteiger partial charge is 0.290 e. The highest BCUT2D eigenvalue weighted by molar-refractivity contribution is 8.15. The molecule has 0 radical (unpaired) electrons. The average Bonchev–Trinajstić information content (AvgIpc) is 3.08. The van der Waals surface area contributed by atoms with Gasteiger partial charge >= 0.3 is 0 Å². The Morgan fingerprint density at radius 1 is 1.25 bits per heavy atom. The molecule has 0 saturated carbocycles. The summed E-state index contributed by atoms with van der Waals surface area (Å²) in [4.78, 5) is 18.8. The molecule has 126 valence electrons. The molecule has 3 rings (SSSR count). The van der Waals surface area contributed by atoms with Crippen molar-refractivity contribution in [3.05, 3.63) is 47.3 Å². The summed E-state index contributed by atoms with van der Waals surface area (Å²) >= 11 is 1.51. The maximum atomic E-state index is 12.2. The second kappa shape index (κ2) is 7.21. The summed E-state index contributed by atoms with van der Waals surface area (Å²) in [5.41, 5.74) is 4.07. The van der Waals surface area contributed by atoms with Crippen LogP contribution in [0.5, 0.6) is 0 Å². The number of amidine groups is 1. The molecule has 0 N–H and O–H groups in total. The van der Waals surface area contributed by atoms with Crippen LogP contribution in [0.4, 0.5) is 5.69 Å². The van der Waals surface area contributed by atoms with Crippen molar-refractivity contribution >= 4 is 28.5 Å². The van der Waals surface area contributed by atoms with Crippen molar-refractivity contribution < 1.29 is 4.79 Å². The fourth-order valence-corrected chi connectivity index (χ4v) is 3.75. The molecule has 24 heavy (non-hydrogen) atoms. The molecule has 1 aliphatic rings. The Balaban J connectivity index is 1.81. The van der Waals surface area contributed by atoms with Crippen LogP contribution in [0.1, 0.15) is 23.9 Å². The molecular formula is C18H22N4OS. The van der Waals surface area contributed by atoms with Crippen LogP contribution in [0.15, 0.2) is 35.3 Å². The second-order valence-corrected chi connectivity index (χ2v) is 6.74. The van der Waals surface area contributed by atoms with E-state index in [2.05, 4.69) is 24.2 Å². The fraction of sp³-hybridized carbons (Fsp3) is 0.389. The van der Waals surface area contributed by atoms with Gasteiger partial charge in [-0.15, -0.1) is 0 Å². The molecule has 1 amide bonds. The summed E-state index contributed by atoms with van der Waals surface area (Å²) in [6.07, 6.45) is 0.832. The van der Waals surface area contributed by atoms with Crippen LogP contribution < -0.4 is 0 Å². The Bertz CT molecular complexity index is 767. The van der Waals surface area contributed by atoms with E-state index in [9.17, 15) is 4.79 Å². The number of aliphatic imine (C=N–C) groups is 1. The SMILES string of the molecule is CCn1nc(C)c(N=C2SCC(=O)N2CCc2ccccc2)c1C. The van der Waals surface area contributed by atoms with Gasteiger partial charge in [-0.1, -0.05) is 42.1 Å². The molecule has 0 bridgehead atoms. The van der Waals surface area contributed by atoms with Gasteiger partial charge in [-0.25, -0.2) is 4.99 Å². The number of aryl methyl sites for hydroxylation is 2. The lowest BCUT2D eigenvalue weighted by atomic mass is 10.1. The first-order valence-corrected chi connectivity index (χ1v) is 9.18. The first-order valence-electron chi connectivity index (χ1n) is 8.20. The van der Waals surface area contributed by atoms with Gasteiger partial charge in [0.15, 0.2) is 5.17 Å². The van der Waals surface area contributed by atoms with E-state index in [1.165, 1.54) is 17.3 Å². The molecule has 1 aromatic heterocycles. The molecule has 2 heterocycles. The highest BCUT2D eigenvalue weighted by Gasteiger charge is 2.28. The van der Waals surface area contributed by atoms with Gasteiger partial charge in [-0.3, -0.25) is 14.4 Å². The maximum Gasteiger partial charge on any atom is 0.239 e. The van der Waals surface area contributed by atoms with Crippen molar-refractivity contribution in [2.75, 3.05) is 12.3 Å². The van der Waals surface area contributed by atoms with Gasteiger partial charge in [-0.2, -0.15) is 5.10 Å². The quantitative estimate of drug-likeness (QED) is 0.837. The lowest BCUT2D eigenvalue weighted by Gasteiger charge is -2.16. The number of benzene rings is 1. The van der Waals surface area contributed by atoms with Crippen molar-refractivity contribution in [1.29, 1.82) is 0 Å². The van der Waals surface area contributed by atoms with Gasteiger partial charge in [0.1, 0.15) is 5.69 Å². The van der Waals surface area contributed by atoms with Crippen molar-refractivity contribution in [3.8, 4) is 0 Å². The van der Waals surface area contributed by atoms with Gasteiger partial charge in [0.25, 0.3) is 0 Å². The molecule has 0 unspecified atom stereocenters. The highest BCUT2D eigenvalue weighted by Crippen LogP contribution is 2.28. The van der Waals surface area contributed by atoms with Gasteiger partial charge < -0.3 is 0 Å². The number of carbonyl (C=O) groups is 1. The first kappa shape index (κ1) is 16.8. The van der Waals surface area contributed by atoms with Crippen LogP contribution in [-0.4, -0.2) is 38.1 Å². The summed E-state index contributed by atoms with van der Waals surface area (Å²) < 4.78 is 1.95. The zero-order valence-electron chi connectivity index (χ0n) is 14.3. The van der Waals surface area contributed by atoms with E-state index in [0.29, 0.717) is 12.3 Å². The number of rotatable bonds is 5. The van der Waals surface area contributed by atoms with Crippen molar-refractivity contribution in [1.82, 2.24) is 14.7 Å². The van der Waals surface area contributed by atoms with E-state index < -0.39 is 0 Å². The van der Waals surface area contributed by atoms with E-state index in [-0.39, 0.29) is 5.91 Å². The lowest BCUT2D eigenvalue weighted by Crippen LogP contribution is -2.31. The number of hydrogen-bond donors (Lipinski definition) is 0. The zero-order valence-corrected chi connectivity index (χ0v) is 15.1. The highest BCUT2D eigenvalue weighted by atomic mass is 32.2. The molecule has 0 atom stereocenters. The van der Waals surface area contributed by atoms with E-state index >= 15 is 0 Å². The Labute approximate surface area is 146 Å². The summed E-state index contributed by atoms with van der Waals surface area (Å²) in [7, 11) is 0. The minimum absolute atomic E-state index is 0.132. The summed E-state index contributed by atoms with van der Waals surface area (Å²) in [6, 6.07) is 10.2. The van der Waals surface area contributed by atoms with Gasteiger partial charge in [0.05, 0.1) is 17.1 Å². The molecule has 1 aliphatic heterocycles. The number of thioether (sulfide) groups is 1. The second-order valence-electron chi connectivity index (χ2n) is 5.80. The van der Waals surface area contributed by atoms with Crippen LogP contribution in [-0.2, 0) is 17.8 Å². The maximum absolute atomic E-state index is 12.2. The predicted octanol–water partition coefficient (Wildman–Crippen LogP) is 3.33. The Morgan fingerprint density at radius 2 is 2.00 bits per heavy atom. The van der Waals surface area contributed by atoms with Crippen molar-refractivity contribution in [2.45, 2.75) is 33.7 Å². The molecule has 5 nitrogen and oxygen atoms in total. The summed E-state index contributed by atoms with van der Waals surface area (Å²) in [6.45, 7) is 7.54. The van der Waals surface area contributed by atoms with Gasteiger partial charge in [0.2, 0.25) is 5.91 Å². The monoisotopic (exact) mass is 342 g/mol. The number of carbonyl (C=O) groups excluding carboxylic acids is 1. The predicted molar refractivity (Wildman–Crippen MR) is 98.8 cm³/mol. The molecule has 2 aromatic rings. The number of amides is 1. The first-order chi connectivity index (χ1) is 11.6. The molecule has 1 aromatic carbocycles. The Hall–Kier alpha value is -2.08. The van der Waals surface area contributed by atoms with Crippen LogP contribution in [0.3, 0.4) is 0 Å². The van der Waals surface area contributed by atoms with E-state index in [1.807, 2.05) is 36.7 Å². The molecule has 1 saturated heterocycles. The lowest BCUT2D eigenvalue weighted by molar-refractivity contribution is -0.124. The third kappa shape index (κ3) is 3.38. The standard InChI is InChI=1S/C18H22N4OS/c1-4-22-14(3)17(13(2)20-22)19-18-21(16(23)12-24-18)11-10-15-8-6-5-7-9-15/h5-9H,4,10-12H2,1-3H3. The van der Waals surface area contributed by atoms with Crippen LogP contribution >= 0.6 is 11.8 Å². The molecule has 1 fully saturated rings.